The number of amides is 1. The number of carbonyl (C=O) groups is 3. The quantitative estimate of drug-likeness (QED) is 0.603. The zero-order chi connectivity index (χ0) is 21.0. The Morgan fingerprint density at radius 3 is 2.41 bits per heavy atom. The van der Waals surface area contributed by atoms with Gasteiger partial charge >= 0.3 is 18.1 Å². The number of Topliss-reactive ketones (excluding diaryl/α,β-unsaturated/α-hetero) is 1. The van der Waals surface area contributed by atoms with Crippen LogP contribution >= 0.6 is 0 Å². The van der Waals surface area contributed by atoms with Crippen molar-refractivity contribution in [2.24, 2.45) is 0 Å². The van der Waals surface area contributed by atoms with Crippen LogP contribution in [0.15, 0.2) is 42.5 Å². The average Bonchev–Trinajstić information content (AvgIpc) is 2.71. The molecule has 0 fully saturated rings. The largest absolute Gasteiger partial charge is 0.486 e. The first-order chi connectivity index (χ1) is 13.8. The molecule has 1 aliphatic heterocycles. The molecule has 0 bridgehead atoms. The number of anilines is 1. The normalized spacial score (nSPS) is 12.8. The highest BCUT2D eigenvalue weighted by atomic mass is 19.4. The van der Waals surface area contributed by atoms with Gasteiger partial charge in [-0.15, -0.1) is 0 Å². The van der Waals surface area contributed by atoms with E-state index in [-0.39, 0.29) is 16.8 Å². The maximum absolute atomic E-state index is 12.4. The van der Waals surface area contributed by atoms with Crippen LogP contribution in [-0.4, -0.2) is 43.7 Å². The maximum atomic E-state index is 12.4. The first-order valence-electron chi connectivity index (χ1n) is 8.33. The Balaban J connectivity index is 1.67. The number of alkyl halides is 3. The van der Waals surface area contributed by atoms with Crippen LogP contribution in [0.25, 0.3) is 0 Å². The third-order valence-electron chi connectivity index (χ3n) is 3.85. The van der Waals surface area contributed by atoms with Crippen LogP contribution in [0.4, 0.5) is 18.9 Å². The number of carbonyl (C=O) groups excluding carboxylic acids is 3. The molecule has 152 valence electrons. The van der Waals surface area contributed by atoms with E-state index in [4.69, 9.17) is 14.2 Å². The molecule has 29 heavy (non-hydrogen) atoms. The van der Waals surface area contributed by atoms with Gasteiger partial charge in [0.25, 0.3) is 0 Å². The second kappa shape index (κ2) is 8.21. The van der Waals surface area contributed by atoms with E-state index in [1.165, 1.54) is 30.3 Å². The molecular weight excluding hydrogens is 395 g/mol. The van der Waals surface area contributed by atoms with Gasteiger partial charge in [-0.2, -0.15) is 13.2 Å². The maximum Gasteiger partial charge on any atom is 0.471 e. The summed E-state index contributed by atoms with van der Waals surface area (Å²) in [6.45, 7) is 0.0717. The second-order valence-electron chi connectivity index (χ2n) is 5.86. The molecule has 1 N–H and O–H groups in total. The zero-order valence-electron chi connectivity index (χ0n) is 14.7. The minimum absolute atomic E-state index is 0.209. The fraction of sp³-hybridized carbons (Fsp3) is 0.211. The third-order valence-corrected chi connectivity index (χ3v) is 3.85. The van der Waals surface area contributed by atoms with Crippen molar-refractivity contribution in [3.05, 3.63) is 53.6 Å². The molecule has 0 radical (unpaired) electrons. The van der Waals surface area contributed by atoms with Gasteiger partial charge in [-0.25, -0.2) is 4.79 Å². The van der Waals surface area contributed by atoms with Crippen LogP contribution in [0.3, 0.4) is 0 Å². The van der Waals surface area contributed by atoms with Crippen molar-refractivity contribution in [1.82, 2.24) is 0 Å². The molecule has 0 aromatic heterocycles. The summed E-state index contributed by atoms with van der Waals surface area (Å²) in [6, 6.07) is 9.46. The van der Waals surface area contributed by atoms with Crippen molar-refractivity contribution < 1.29 is 41.8 Å². The van der Waals surface area contributed by atoms with Gasteiger partial charge in [0.1, 0.15) is 13.2 Å². The summed E-state index contributed by atoms with van der Waals surface area (Å²) in [5, 5.41) is 1.60. The van der Waals surface area contributed by atoms with Gasteiger partial charge in [0.2, 0.25) is 0 Å². The highest BCUT2D eigenvalue weighted by molar-refractivity contribution is 6.04. The number of benzene rings is 2. The number of halogens is 3. The van der Waals surface area contributed by atoms with E-state index in [0.29, 0.717) is 24.7 Å². The van der Waals surface area contributed by atoms with Crippen molar-refractivity contribution in [3.63, 3.8) is 0 Å². The van der Waals surface area contributed by atoms with Gasteiger partial charge in [0, 0.05) is 5.56 Å². The third kappa shape index (κ3) is 4.84. The van der Waals surface area contributed by atoms with Crippen LogP contribution in [-0.2, 0) is 9.53 Å². The van der Waals surface area contributed by atoms with Gasteiger partial charge in [0.05, 0.1) is 11.3 Å². The highest BCUT2D eigenvalue weighted by Gasteiger charge is 2.39. The van der Waals surface area contributed by atoms with Gasteiger partial charge in [0.15, 0.2) is 23.9 Å². The van der Waals surface area contributed by atoms with Crippen molar-refractivity contribution in [2.75, 3.05) is 25.1 Å². The molecule has 0 aliphatic carbocycles. The van der Waals surface area contributed by atoms with Crippen LogP contribution < -0.4 is 14.8 Å². The zero-order valence-corrected chi connectivity index (χ0v) is 14.7. The highest BCUT2D eigenvalue weighted by Crippen LogP contribution is 2.31. The molecule has 1 aliphatic rings. The van der Waals surface area contributed by atoms with E-state index < -0.39 is 30.4 Å². The van der Waals surface area contributed by atoms with E-state index in [1.807, 2.05) is 0 Å². The van der Waals surface area contributed by atoms with Gasteiger partial charge < -0.3 is 19.5 Å². The van der Waals surface area contributed by atoms with E-state index in [0.717, 1.165) is 6.07 Å². The minimum Gasteiger partial charge on any atom is -0.486 e. The van der Waals surface area contributed by atoms with Crippen LogP contribution in [0.5, 0.6) is 11.5 Å². The SMILES string of the molecule is O=C(COC(=O)c1ccccc1NC(=O)C(F)(F)F)c1ccc2c(c1)OCCO2. The molecule has 1 amide bonds. The van der Waals surface area contributed by atoms with E-state index in [9.17, 15) is 27.6 Å². The van der Waals surface area contributed by atoms with Crippen molar-refractivity contribution >= 4 is 23.3 Å². The Morgan fingerprint density at radius 1 is 1.00 bits per heavy atom. The predicted molar refractivity (Wildman–Crippen MR) is 93.2 cm³/mol. The Labute approximate surface area is 162 Å². The number of ether oxygens (including phenoxy) is 3. The summed E-state index contributed by atoms with van der Waals surface area (Å²) >= 11 is 0. The lowest BCUT2D eigenvalue weighted by atomic mass is 10.1. The number of fused-ring (bicyclic) bond motifs is 1. The molecule has 0 spiro atoms. The molecule has 3 rings (SSSR count). The number of esters is 1. The summed E-state index contributed by atoms with van der Waals surface area (Å²) < 4.78 is 52.9. The Bertz CT molecular complexity index is 957. The molecule has 0 saturated carbocycles. The Hall–Kier alpha value is -3.56. The lowest BCUT2D eigenvalue weighted by Crippen LogP contribution is -2.30. The fourth-order valence-corrected chi connectivity index (χ4v) is 2.47. The molecule has 7 nitrogen and oxygen atoms in total. The van der Waals surface area contributed by atoms with Crippen molar-refractivity contribution in [3.8, 4) is 11.5 Å². The number of hydrogen-bond donors (Lipinski definition) is 1. The Morgan fingerprint density at radius 2 is 1.69 bits per heavy atom. The first-order valence-corrected chi connectivity index (χ1v) is 8.33. The van der Waals surface area contributed by atoms with E-state index in [1.54, 1.807) is 11.4 Å². The molecule has 0 unspecified atom stereocenters. The lowest BCUT2D eigenvalue weighted by molar-refractivity contribution is -0.167. The number of ketones is 1. The predicted octanol–water partition coefficient (Wildman–Crippen LogP) is 3.00. The van der Waals surface area contributed by atoms with Crippen molar-refractivity contribution in [1.29, 1.82) is 0 Å². The van der Waals surface area contributed by atoms with Crippen LogP contribution in [0, 0.1) is 0 Å². The van der Waals surface area contributed by atoms with Crippen molar-refractivity contribution in [2.45, 2.75) is 6.18 Å². The Kier molecular flexibility index (Phi) is 5.71. The molecule has 0 saturated heterocycles. The van der Waals surface area contributed by atoms with E-state index >= 15 is 0 Å². The number of hydrogen-bond acceptors (Lipinski definition) is 6. The molecule has 2 aromatic carbocycles. The first kappa shape index (κ1) is 20.2. The van der Waals surface area contributed by atoms with Gasteiger partial charge in [-0.3, -0.25) is 9.59 Å². The molecule has 1 heterocycles. The monoisotopic (exact) mass is 409 g/mol. The van der Waals surface area contributed by atoms with Crippen LogP contribution in [0.2, 0.25) is 0 Å². The lowest BCUT2D eigenvalue weighted by Gasteiger charge is -2.18. The fourth-order valence-electron chi connectivity index (χ4n) is 2.47. The second-order valence-corrected chi connectivity index (χ2v) is 5.86. The van der Waals surface area contributed by atoms with Gasteiger partial charge in [-0.1, -0.05) is 12.1 Å². The smallest absolute Gasteiger partial charge is 0.471 e. The molecular formula is C19H14F3NO6. The number of para-hydroxylation sites is 1. The van der Waals surface area contributed by atoms with Gasteiger partial charge in [-0.05, 0) is 30.3 Å². The van der Waals surface area contributed by atoms with E-state index in [2.05, 4.69) is 0 Å². The topological polar surface area (TPSA) is 90.9 Å². The summed E-state index contributed by atoms with van der Waals surface area (Å²) in [5.41, 5.74) is -0.493. The summed E-state index contributed by atoms with van der Waals surface area (Å²) in [7, 11) is 0. The summed E-state index contributed by atoms with van der Waals surface area (Å²) in [5.74, 6) is -2.97. The number of nitrogens with one attached hydrogen (secondary N) is 1. The number of rotatable bonds is 5. The molecule has 10 heteroatoms. The molecule has 0 atom stereocenters. The van der Waals surface area contributed by atoms with Crippen LogP contribution in [0.1, 0.15) is 20.7 Å². The average molecular weight is 409 g/mol. The summed E-state index contributed by atoms with van der Waals surface area (Å²) in [4.78, 5) is 35.6. The minimum atomic E-state index is -5.12. The molecule has 2 aromatic rings. The summed E-state index contributed by atoms with van der Waals surface area (Å²) in [6.07, 6.45) is -5.12. The standard InChI is InChI=1S/C19H14F3NO6/c20-19(21,22)18(26)23-13-4-2-1-3-12(13)17(25)29-10-14(24)11-5-6-15-16(9-11)28-8-7-27-15/h1-6,9H,7-8,10H2,(H,23,26).